The van der Waals surface area contributed by atoms with Crippen molar-refractivity contribution in [2.24, 2.45) is 5.73 Å². The first-order valence-electron chi connectivity index (χ1n) is 4.46. The van der Waals surface area contributed by atoms with Gasteiger partial charge in [0.1, 0.15) is 0 Å². The normalized spacial score (nSPS) is 12.6. The van der Waals surface area contributed by atoms with Gasteiger partial charge in [-0.3, -0.25) is 0 Å². The highest BCUT2D eigenvalue weighted by atomic mass is 19.2. The maximum Gasteiger partial charge on any atom is 0.194 e. The molecule has 1 nitrogen and oxygen atoms in total. The maximum atomic E-state index is 13.2. The molecule has 0 bridgehead atoms. The molecule has 0 saturated heterocycles. The van der Waals surface area contributed by atoms with Crippen LogP contribution in [0.15, 0.2) is 24.3 Å². The van der Waals surface area contributed by atoms with Crippen molar-refractivity contribution in [2.45, 2.75) is 19.4 Å². The fraction of sp³-hybridized carbons (Fsp3) is 0.273. The van der Waals surface area contributed by atoms with Crippen molar-refractivity contribution in [2.75, 3.05) is 0 Å². The Hall–Kier alpha value is -1.29. The predicted octanol–water partition coefficient (Wildman–Crippen LogP) is 3.07. The molecule has 0 saturated carbocycles. The minimum atomic E-state index is -1.48. The van der Waals surface area contributed by atoms with E-state index in [1.54, 1.807) is 6.92 Å². The lowest BCUT2D eigenvalue weighted by atomic mass is 10.0. The molecular formula is C11H12F3N. The van der Waals surface area contributed by atoms with Crippen LogP contribution < -0.4 is 5.73 Å². The summed E-state index contributed by atoms with van der Waals surface area (Å²) in [5.74, 6) is -3.91. The minimum Gasteiger partial charge on any atom is -0.324 e. The summed E-state index contributed by atoms with van der Waals surface area (Å²) in [5, 5.41) is 0. The SMILES string of the molecule is C=C(C)CC(N)c1ccc(F)c(F)c1F. The second-order valence-electron chi connectivity index (χ2n) is 3.53. The zero-order valence-corrected chi connectivity index (χ0v) is 8.36. The smallest absolute Gasteiger partial charge is 0.194 e. The molecule has 0 heterocycles. The van der Waals surface area contributed by atoms with E-state index in [9.17, 15) is 13.2 Å². The predicted molar refractivity (Wildman–Crippen MR) is 52.7 cm³/mol. The second-order valence-corrected chi connectivity index (χ2v) is 3.53. The first-order valence-corrected chi connectivity index (χ1v) is 4.46. The van der Waals surface area contributed by atoms with E-state index in [-0.39, 0.29) is 5.56 Å². The summed E-state index contributed by atoms with van der Waals surface area (Å²) in [5.41, 5.74) is 6.35. The van der Waals surface area contributed by atoms with E-state index in [2.05, 4.69) is 6.58 Å². The Kier molecular flexibility index (Phi) is 3.52. The Morgan fingerprint density at radius 2 is 1.93 bits per heavy atom. The van der Waals surface area contributed by atoms with Crippen molar-refractivity contribution in [3.05, 3.63) is 47.3 Å². The zero-order chi connectivity index (χ0) is 11.6. The van der Waals surface area contributed by atoms with Gasteiger partial charge in [-0.15, -0.1) is 6.58 Å². The summed E-state index contributed by atoms with van der Waals surface area (Å²) in [6.07, 6.45) is 0.335. The van der Waals surface area contributed by atoms with Gasteiger partial charge in [-0.2, -0.15) is 0 Å². The van der Waals surface area contributed by atoms with Crippen molar-refractivity contribution in [1.82, 2.24) is 0 Å². The lowest BCUT2D eigenvalue weighted by molar-refractivity contribution is 0.435. The fourth-order valence-corrected chi connectivity index (χ4v) is 1.31. The molecule has 1 aromatic carbocycles. The Bertz CT molecular complexity index is 388. The van der Waals surface area contributed by atoms with Crippen LogP contribution in [0.4, 0.5) is 13.2 Å². The van der Waals surface area contributed by atoms with E-state index < -0.39 is 23.5 Å². The van der Waals surface area contributed by atoms with Crippen LogP contribution in [0.2, 0.25) is 0 Å². The van der Waals surface area contributed by atoms with Crippen LogP contribution in [0, 0.1) is 17.5 Å². The van der Waals surface area contributed by atoms with E-state index in [1.807, 2.05) is 0 Å². The third-order valence-electron chi connectivity index (χ3n) is 2.03. The number of halogens is 3. The van der Waals surface area contributed by atoms with Gasteiger partial charge in [0, 0.05) is 11.6 Å². The molecule has 1 aromatic rings. The van der Waals surface area contributed by atoms with Crippen LogP contribution in [0.3, 0.4) is 0 Å². The quantitative estimate of drug-likeness (QED) is 0.608. The third-order valence-corrected chi connectivity index (χ3v) is 2.03. The molecule has 1 unspecified atom stereocenters. The molecule has 0 spiro atoms. The monoisotopic (exact) mass is 215 g/mol. The van der Waals surface area contributed by atoms with Gasteiger partial charge >= 0.3 is 0 Å². The van der Waals surface area contributed by atoms with Gasteiger partial charge in [0.2, 0.25) is 0 Å². The second kappa shape index (κ2) is 4.49. The van der Waals surface area contributed by atoms with Crippen molar-refractivity contribution in [1.29, 1.82) is 0 Å². The molecule has 0 radical (unpaired) electrons. The molecule has 1 atom stereocenters. The first kappa shape index (κ1) is 11.8. The van der Waals surface area contributed by atoms with Crippen molar-refractivity contribution >= 4 is 0 Å². The Morgan fingerprint density at radius 3 is 2.47 bits per heavy atom. The van der Waals surface area contributed by atoms with Gasteiger partial charge in [0.15, 0.2) is 17.5 Å². The number of hydrogen-bond donors (Lipinski definition) is 1. The molecule has 1 rings (SSSR count). The van der Waals surface area contributed by atoms with Crippen LogP contribution in [0.25, 0.3) is 0 Å². The van der Waals surface area contributed by atoms with Crippen LogP contribution in [0.1, 0.15) is 24.9 Å². The third kappa shape index (κ3) is 2.59. The maximum absolute atomic E-state index is 13.2. The van der Waals surface area contributed by atoms with Gasteiger partial charge in [-0.05, 0) is 19.4 Å². The summed E-state index contributed by atoms with van der Waals surface area (Å²) in [6.45, 7) is 5.35. The molecular weight excluding hydrogens is 203 g/mol. The van der Waals surface area contributed by atoms with Gasteiger partial charge < -0.3 is 5.73 Å². The van der Waals surface area contributed by atoms with Gasteiger partial charge in [-0.25, -0.2) is 13.2 Å². The molecule has 2 N–H and O–H groups in total. The van der Waals surface area contributed by atoms with Gasteiger partial charge in [0.05, 0.1) is 0 Å². The zero-order valence-electron chi connectivity index (χ0n) is 8.36. The summed E-state index contributed by atoms with van der Waals surface area (Å²) in [7, 11) is 0. The lowest BCUT2D eigenvalue weighted by Gasteiger charge is -2.13. The Labute approximate surface area is 86.4 Å². The Morgan fingerprint density at radius 1 is 1.33 bits per heavy atom. The fourth-order valence-electron chi connectivity index (χ4n) is 1.31. The molecule has 0 aliphatic carbocycles. The van der Waals surface area contributed by atoms with Crippen LogP contribution in [-0.2, 0) is 0 Å². The summed E-state index contributed by atoms with van der Waals surface area (Å²) < 4.78 is 38.7. The summed E-state index contributed by atoms with van der Waals surface area (Å²) in [6, 6.07) is 1.32. The van der Waals surface area contributed by atoms with E-state index in [0.29, 0.717) is 6.42 Å². The minimum absolute atomic E-state index is 0.0306. The van der Waals surface area contributed by atoms with Gasteiger partial charge in [0.25, 0.3) is 0 Å². The molecule has 15 heavy (non-hydrogen) atoms. The average Bonchev–Trinajstić information content (AvgIpc) is 2.13. The summed E-state index contributed by atoms with van der Waals surface area (Å²) >= 11 is 0. The highest BCUT2D eigenvalue weighted by Crippen LogP contribution is 2.23. The first-order chi connectivity index (χ1) is 6.93. The molecule has 4 heteroatoms. The summed E-state index contributed by atoms with van der Waals surface area (Å²) in [4.78, 5) is 0. The highest BCUT2D eigenvalue weighted by Gasteiger charge is 2.17. The number of rotatable bonds is 3. The molecule has 0 amide bonds. The largest absolute Gasteiger partial charge is 0.324 e. The van der Waals surface area contributed by atoms with Crippen molar-refractivity contribution in [3.63, 3.8) is 0 Å². The van der Waals surface area contributed by atoms with E-state index in [1.165, 1.54) is 0 Å². The van der Waals surface area contributed by atoms with Crippen LogP contribution in [-0.4, -0.2) is 0 Å². The topological polar surface area (TPSA) is 26.0 Å². The van der Waals surface area contributed by atoms with E-state index in [0.717, 1.165) is 17.7 Å². The van der Waals surface area contributed by atoms with Gasteiger partial charge in [-0.1, -0.05) is 11.6 Å². The molecule has 0 aliphatic heterocycles. The van der Waals surface area contributed by atoms with E-state index >= 15 is 0 Å². The average molecular weight is 215 g/mol. The number of benzene rings is 1. The van der Waals surface area contributed by atoms with Crippen molar-refractivity contribution < 1.29 is 13.2 Å². The molecule has 82 valence electrons. The number of nitrogens with two attached hydrogens (primary N) is 1. The number of hydrogen-bond acceptors (Lipinski definition) is 1. The van der Waals surface area contributed by atoms with Crippen LogP contribution in [0.5, 0.6) is 0 Å². The standard InChI is InChI=1S/C11H12F3N/c1-6(2)5-9(15)7-3-4-8(12)11(14)10(7)13/h3-4,9H,1,5,15H2,2H3. The van der Waals surface area contributed by atoms with Crippen LogP contribution >= 0.6 is 0 Å². The Balaban J connectivity index is 3.05. The molecule has 0 fully saturated rings. The molecule has 0 aliphatic rings. The van der Waals surface area contributed by atoms with Crippen molar-refractivity contribution in [3.8, 4) is 0 Å². The van der Waals surface area contributed by atoms with E-state index in [4.69, 9.17) is 5.73 Å². The highest BCUT2D eigenvalue weighted by molar-refractivity contribution is 5.24. The lowest BCUT2D eigenvalue weighted by Crippen LogP contribution is -2.13. The molecule has 0 aromatic heterocycles.